The first-order valence-electron chi connectivity index (χ1n) is 3.79. The van der Waals surface area contributed by atoms with E-state index in [4.69, 9.17) is 5.73 Å². The minimum atomic E-state index is -4.29. The van der Waals surface area contributed by atoms with Crippen molar-refractivity contribution in [1.82, 2.24) is 4.98 Å². The minimum Gasteiger partial charge on any atom is -0.366 e. The molecule has 3 nitrogen and oxygen atoms in total. The zero-order valence-corrected chi connectivity index (χ0v) is 7.99. The van der Waals surface area contributed by atoms with Crippen molar-refractivity contribution in [3.63, 3.8) is 0 Å². The van der Waals surface area contributed by atoms with Gasteiger partial charge in [0, 0.05) is 11.9 Å². The highest BCUT2D eigenvalue weighted by Gasteiger charge is 2.27. The summed E-state index contributed by atoms with van der Waals surface area (Å²) in [6.07, 6.45) is -4.29. The van der Waals surface area contributed by atoms with E-state index >= 15 is 0 Å². The van der Waals surface area contributed by atoms with E-state index in [1.807, 2.05) is 0 Å². The van der Waals surface area contributed by atoms with Crippen LogP contribution in [-0.4, -0.2) is 17.8 Å². The predicted molar refractivity (Wildman–Crippen MR) is 45.7 cm³/mol. The standard InChI is InChI=1S/C7H9F3N2OS/c8-7(9,10)4-13-2-5-3-14-6(1-11)12-5/h3H,1-2,4,11H2. The molecule has 1 heterocycles. The van der Waals surface area contributed by atoms with Crippen molar-refractivity contribution in [2.75, 3.05) is 6.61 Å². The summed E-state index contributed by atoms with van der Waals surface area (Å²) in [5.41, 5.74) is 5.77. The van der Waals surface area contributed by atoms with Crippen LogP contribution in [0.4, 0.5) is 13.2 Å². The number of ether oxygens (including phenoxy) is 1. The average molecular weight is 226 g/mol. The van der Waals surface area contributed by atoms with Crippen molar-refractivity contribution in [1.29, 1.82) is 0 Å². The highest BCUT2D eigenvalue weighted by atomic mass is 32.1. The van der Waals surface area contributed by atoms with Crippen molar-refractivity contribution >= 4 is 11.3 Å². The van der Waals surface area contributed by atoms with Crippen LogP contribution in [0.25, 0.3) is 0 Å². The highest BCUT2D eigenvalue weighted by Crippen LogP contribution is 2.16. The Balaban J connectivity index is 2.31. The number of rotatable bonds is 4. The number of nitrogens with zero attached hydrogens (tertiary/aromatic N) is 1. The number of hydrogen-bond donors (Lipinski definition) is 1. The van der Waals surface area contributed by atoms with Crippen LogP contribution in [0.3, 0.4) is 0 Å². The Bertz CT molecular complexity index is 287. The van der Waals surface area contributed by atoms with Gasteiger partial charge in [0.05, 0.1) is 12.3 Å². The SMILES string of the molecule is NCc1nc(COCC(F)(F)F)cs1. The lowest BCUT2D eigenvalue weighted by Crippen LogP contribution is -2.16. The summed E-state index contributed by atoms with van der Waals surface area (Å²) in [6.45, 7) is -1.08. The number of nitrogens with two attached hydrogens (primary N) is 1. The van der Waals surface area contributed by atoms with Crippen LogP contribution in [-0.2, 0) is 17.9 Å². The summed E-state index contributed by atoms with van der Waals surface area (Å²) in [5, 5.41) is 2.33. The molecule has 0 aromatic carbocycles. The first kappa shape index (κ1) is 11.4. The van der Waals surface area contributed by atoms with Gasteiger partial charge in [-0.1, -0.05) is 0 Å². The summed E-state index contributed by atoms with van der Waals surface area (Å²) in [6, 6.07) is 0. The molecular formula is C7H9F3N2OS. The van der Waals surface area contributed by atoms with Crippen molar-refractivity contribution in [2.45, 2.75) is 19.3 Å². The second-order valence-corrected chi connectivity index (χ2v) is 3.49. The second-order valence-electron chi connectivity index (χ2n) is 2.54. The van der Waals surface area contributed by atoms with E-state index in [0.29, 0.717) is 17.2 Å². The van der Waals surface area contributed by atoms with E-state index in [0.717, 1.165) is 0 Å². The van der Waals surface area contributed by atoms with Crippen LogP contribution in [0.2, 0.25) is 0 Å². The normalized spacial score (nSPS) is 12.0. The molecule has 80 valence electrons. The zero-order valence-electron chi connectivity index (χ0n) is 7.17. The van der Waals surface area contributed by atoms with Gasteiger partial charge < -0.3 is 10.5 Å². The molecule has 2 N–H and O–H groups in total. The molecule has 0 aliphatic carbocycles. The lowest BCUT2D eigenvalue weighted by atomic mass is 10.5. The van der Waals surface area contributed by atoms with E-state index in [1.54, 1.807) is 5.38 Å². The molecule has 0 spiro atoms. The Morgan fingerprint density at radius 1 is 1.50 bits per heavy atom. The van der Waals surface area contributed by atoms with Crippen LogP contribution in [0, 0.1) is 0 Å². The molecule has 0 saturated carbocycles. The average Bonchev–Trinajstić information content (AvgIpc) is 2.50. The van der Waals surface area contributed by atoms with Crippen LogP contribution >= 0.6 is 11.3 Å². The summed E-state index contributed by atoms with van der Waals surface area (Å²) in [5.74, 6) is 0. The maximum atomic E-state index is 11.7. The largest absolute Gasteiger partial charge is 0.411 e. The maximum absolute atomic E-state index is 11.7. The number of halogens is 3. The van der Waals surface area contributed by atoms with Crippen LogP contribution in [0.15, 0.2) is 5.38 Å². The lowest BCUT2D eigenvalue weighted by molar-refractivity contribution is -0.176. The molecule has 0 aliphatic heterocycles. The fourth-order valence-corrected chi connectivity index (χ4v) is 1.44. The van der Waals surface area contributed by atoms with Crippen LogP contribution in [0.5, 0.6) is 0 Å². The zero-order chi connectivity index (χ0) is 10.6. The molecule has 0 amide bonds. The monoisotopic (exact) mass is 226 g/mol. The van der Waals surface area contributed by atoms with Gasteiger partial charge in [-0.25, -0.2) is 4.98 Å². The van der Waals surface area contributed by atoms with Crippen molar-refractivity contribution in [3.8, 4) is 0 Å². The molecule has 0 unspecified atom stereocenters. The molecule has 14 heavy (non-hydrogen) atoms. The molecule has 1 aromatic heterocycles. The van der Waals surface area contributed by atoms with Gasteiger partial charge in [-0.05, 0) is 0 Å². The molecule has 0 radical (unpaired) electrons. The number of thiazole rings is 1. The fraction of sp³-hybridized carbons (Fsp3) is 0.571. The number of alkyl halides is 3. The lowest BCUT2D eigenvalue weighted by Gasteiger charge is -2.05. The summed E-state index contributed by atoms with van der Waals surface area (Å²) in [4.78, 5) is 3.95. The summed E-state index contributed by atoms with van der Waals surface area (Å²) in [7, 11) is 0. The van der Waals surface area contributed by atoms with E-state index in [1.165, 1.54) is 11.3 Å². The van der Waals surface area contributed by atoms with E-state index in [2.05, 4.69) is 9.72 Å². The van der Waals surface area contributed by atoms with Gasteiger partial charge >= 0.3 is 6.18 Å². The first-order chi connectivity index (χ1) is 6.51. The molecule has 1 aromatic rings. The Hall–Kier alpha value is -0.660. The Morgan fingerprint density at radius 3 is 2.71 bits per heavy atom. The molecule has 0 bridgehead atoms. The van der Waals surface area contributed by atoms with Gasteiger partial charge in [-0.15, -0.1) is 11.3 Å². The van der Waals surface area contributed by atoms with Crippen LogP contribution < -0.4 is 5.73 Å². The number of hydrogen-bond acceptors (Lipinski definition) is 4. The third-order valence-corrected chi connectivity index (χ3v) is 2.21. The summed E-state index contributed by atoms with van der Waals surface area (Å²) < 4.78 is 39.4. The smallest absolute Gasteiger partial charge is 0.366 e. The Morgan fingerprint density at radius 2 is 2.21 bits per heavy atom. The Labute approximate surface area is 82.7 Å². The number of aromatic nitrogens is 1. The van der Waals surface area contributed by atoms with Crippen molar-refractivity contribution in [3.05, 3.63) is 16.1 Å². The van der Waals surface area contributed by atoms with Crippen LogP contribution in [0.1, 0.15) is 10.7 Å². The molecule has 7 heteroatoms. The molecule has 0 saturated heterocycles. The second kappa shape index (κ2) is 4.72. The predicted octanol–water partition coefficient (Wildman–Crippen LogP) is 1.68. The molecule has 0 aliphatic rings. The quantitative estimate of drug-likeness (QED) is 0.849. The Kier molecular flexibility index (Phi) is 3.85. The van der Waals surface area contributed by atoms with Gasteiger partial charge in [-0.3, -0.25) is 0 Å². The van der Waals surface area contributed by atoms with E-state index in [9.17, 15) is 13.2 Å². The van der Waals surface area contributed by atoms with Gasteiger partial charge in [0.1, 0.15) is 11.6 Å². The minimum absolute atomic E-state index is 0.129. The molecule has 0 atom stereocenters. The first-order valence-corrected chi connectivity index (χ1v) is 4.67. The van der Waals surface area contributed by atoms with Gasteiger partial charge in [-0.2, -0.15) is 13.2 Å². The molecule has 0 fully saturated rings. The van der Waals surface area contributed by atoms with Crippen molar-refractivity contribution < 1.29 is 17.9 Å². The van der Waals surface area contributed by atoms with E-state index < -0.39 is 12.8 Å². The van der Waals surface area contributed by atoms with E-state index in [-0.39, 0.29) is 6.61 Å². The fourth-order valence-electron chi connectivity index (χ4n) is 0.780. The third kappa shape index (κ3) is 4.03. The van der Waals surface area contributed by atoms with Gasteiger partial charge in [0.2, 0.25) is 0 Å². The van der Waals surface area contributed by atoms with Gasteiger partial charge in [0.15, 0.2) is 0 Å². The van der Waals surface area contributed by atoms with Gasteiger partial charge in [0.25, 0.3) is 0 Å². The van der Waals surface area contributed by atoms with Crippen molar-refractivity contribution in [2.24, 2.45) is 5.73 Å². The highest BCUT2D eigenvalue weighted by molar-refractivity contribution is 7.09. The third-order valence-electron chi connectivity index (χ3n) is 1.29. The molecular weight excluding hydrogens is 217 g/mol. The maximum Gasteiger partial charge on any atom is 0.411 e. The topological polar surface area (TPSA) is 48.1 Å². The molecule has 1 rings (SSSR count). The summed E-state index contributed by atoms with van der Waals surface area (Å²) >= 11 is 1.31.